The average Bonchev–Trinajstić information content (AvgIpc) is 3.65. The molecule has 2 N–H and O–H groups in total. The molecular formula is C42H48O8. The van der Waals surface area contributed by atoms with Gasteiger partial charge in [-0.15, -0.1) is 0 Å². The maximum atomic E-state index is 13.6. The molecule has 8 nitrogen and oxygen atoms in total. The van der Waals surface area contributed by atoms with Crippen molar-refractivity contribution in [1.82, 2.24) is 0 Å². The van der Waals surface area contributed by atoms with Crippen LogP contribution in [0.5, 0.6) is 23.0 Å². The van der Waals surface area contributed by atoms with E-state index in [0.717, 1.165) is 66.3 Å². The summed E-state index contributed by atoms with van der Waals surface area (Å²) in [5.41, 5.74) is 4.80. The van der Waals surface area contributed by atoms with Gasteiger partial charge in [0.05, 0.1) is 20.1 Å². The van der Waals surface area contributed by atoms with Crippen molar-refractivity contribution in [2.75, 3.05) is 14.2 Å². The highest BCUT2D eigenvalue weighted by molar-refractivity contribution is 5.73. The Morgan fingerprint density at radius 3 is 2.22 bits per heavy atom. The van der Waals surface area contributed by atoms with Crippen molar-refractivity contribution in [2.24, 2.45) is 23.2 Å². The standard InChI is InChI=1S/C42H48O8/c1-25(43)49-38-22-31(50-41(46)27-11-7-8-12-27)21-33-32-23-40(48-3)36(44)18-28(32)13-14-34(33)42(16-15-26-9-5-4-6-10-26)24-30-19-37(45)39(47-2)20-29(30)17-35(38)42/h4-6,9-10,15-16,18-20,23,27,31,33-35,38,44-45H,7-8,11-14,17,21-22,24H2,1-3H3/t31-,33+,34-,35+,38-,42-/m0/s1. The minimum absolute atomic E-state index is 0.0395. The topological polar surface area (TPSA) is 112 Å². The van der Waals surface area contributed by atoms with Crippen molar-refractivity contribution in [3.05, 3.63) is 88.5 Å². The predicted octanol–water partition coefficient (Wildman–Crippen LogP) is 7.70. The van der Waals surface area contributed by atoms with Gasteiger partial charge in [0.15, 0.2) is 23.0 Å². The molecule has 4 aliphatic rings. The third kappa shape index (κ3) is 6.45. The number of benzene rings is 3. The summed E-state index contributed by atoms with van der Waals surface area (Å²) in [6.07, 6.45) is 10.9. The second kappa shape index (κ2) is 14.0. The minimum atomic E-state index is -0.529. The number of aromatic hydroxyl groups is 2. The number of esters is 2. The zero-order chi connectivity index (χ0) is 35.0. The number of hydrogen-bond acceptors (Lipinski definition) is 8. The average molecular weight is 681 g/mol. The molecule has 2 fully saturated rings. The molecule has 264 valence electrons. The van der Waals surface area contributed by atoms with Gasteiger partial charge in [0, 0.05) is 24.7 Å². The number of rotatable bonds is 7. The van der Waals surface area contributed by atoms with Crippen molar-refractivity contribution in [3.63, 3.8) is 0 Å². The highest BCUT2D eigenvalue weighted by Gasteiger charge is 2.56. The highest BCUT2D eigenvalue weighted by atomic mass is 16.6. The zero-order valence-corrected chi connectivity index (χ0v) is 29.2. The fourth-order valence-corrected chi connectivity index (χ4v) is 9.75. The first-order valence-corrected chi connectivity index (χ1v) is 18.1. The predicted molar refractivity (Wildman–Crippen MR) is 189 cm³/mol. The van der Waals surface area contributed by atoms with Gasteiger partial charge >= 0.3 is 11.9 Å². The van der Waals surface area contributed by atoms with Crippen LogP contribution < -0.4 is 9.47 Å². The number of ether oxygens (including phenoxy) is 4. The molecule has 4 aliphatic carbocycles. The van der Waals surface area contributed by atoms with Gasteiger partial charge in [-0.1, -0.05) is 55.3 Å². The molecule has 0 aliphatic heterocycles. The molecule has 0 saturated heterocycles. The van der Waals surface area contributed by atoms with Gasteiger partial charge in [-0.05, 0) is 109 Å². The van der Waals surface area contributed by atoms with E-state index in [1.165, 1.54) is 6.92 Å². The van der Waals surface area contributed by atoms with E-state index in [1.807, 2.05) is 42.5 Å². The lowest BCUT2D eigenvalue weighted by Gasteiger charge is -2.56. The Labute approximate surface area is 294 Å². The van der Waals surface area contributed by atoms with Gasteiger partial charge in [-0.25, -0.2) is 0 Å². The van der Waals surface area contributed by atoms with Crippen LogP contribution in [0.1, 0.15) is 85.6 Å². The summed E-state index contributed by atoms with van der Waals surface area (Å²) in [5, 5.41) is 21.8. The van der Waals surface area contributed by atoms with Crippen LogP contribution in [0.3, 0.4) is 0 Å². The lowest BCUT2D eigenvalue weighted by Crippen LogP contribution is -2.54. The van der Waals surface area contributed by atoms with Crippen LogP contribution in [0.4, 0.5) is 0 Å². The monoisotopic (exact) mass is 680 g/mol. The summed E-state index contributed by atoms with van der Waals surface area (Å²) < 4.78 is 23.9. The number of phenols is 2. The second-order valence-corrected chi connectivity index (χ2v) is 14.8. The summed E-state index contributed by atoms with van der Waals surface area (Å²) in [7, 11) is 3.11. The second-order valence-electron chi connectivity index (χ2n) is 14.8. The number of aryl methyl sites for hydroxylation is 1. The highest BCUT2D eigenvalue weighted by Crippen LogP contribution is 2.60. The molecule has 0 unspecified atom stereocenters. The lowest BCUT2D eigenvalue weighted by molar-refractivity contribution is -0.166. The van der Waals surface area contributed by atoms with Gasteiger partial charge in [-0.2, -0.15) is 0 Å². The van der Waals surface area contributed by atoms with E-state index < -0.39 is 17.6 Å². The fourth-order valence-electron chi connectivity index (χ4n) is 9.75. The van der Waals surface area contributed by atoms with E-state index in [2.05, 4.69) is 24.3 Å². The van der Waals surface area contributed by atoms with Gasteiger partial charge in [0.25, 0.3) is 0 Å². The fraction of sp³-hybridized carbons (Fsp3) is 0.476. The smallest absolute Gasteiger partial charge is 0.309 e. The van der Waals surface area contributed by atoms with Crippen LogP contribution in [0.15, 0.2) is 60.7 Å². The van der Waals surface area contributed by atoms with Gasteiger partial charge < -0.3 is 29.2 Å². The number of carbonyl (C=O) groups excluding carboxylic acids is 2. The Balaban J connectivity index is 1.43. The SMILES string of the molecule is COc1cc2c(cc1O)C[C@]1(C=Cc3ccccc3)[C@H](C2)[C@@H](OC(C)=O)C[C@@H](OC(=O)C2CCCC2)C[C@@H]2c3cc(OC)c(O)cc3CC[C@@H]21. The first-order chi connectivity index (χ1) is 24.2. The van der Waals surface area contributed by atoms with E-state index in [-0.39, 0.29) is 47.1 Å². The third-order valence-electron chi connectivity index (χ3n) is 12.0. The third-order valence-corrected chi connectivity index (χ3v) is 12.0. The summed E-state index contributed by atoms with van der Waals surface area (Å²) in [6, 6.07) is 17.8. The molecule has 50 heavy (non-hydrogen) atoms. The molecule has 0 spiro atoms. The molecule has 0 radical (unpaired) electrons. The van der Waals surface area contributed by atoms with Crippen LogP contribution in [0, 0.1) is 23.2 Å². The summed E-state index contributed by atoms with van der Waals surface area (Å²) in [4.78, 5) is 26.5. The van der Waals surface area contributed by atoms with Crippen LogP contribution in [-0.2, 0) is 38.3 Å². The zero-order valence-electron chi connectivity index (χ0n) is 29.2. The largest absolute Gasteiger partial charge is 0.504 e. The van der Waals surface area contributed by atoms with E-state index in [4.69, 9.17) is 18.9 Å². The molecule has 3 aromatic rings. The molecule has 6 atom stereocenters. The van der Waals surface area contributed by atoms with Gasteiger partial charge in [0.1, 0.15) is 12.2 Å². The number of phenolic OH excluding ortho intramolecular Hbond substituents is 2. The van der Waals surface area contributed by atoms with Crippen molar-refractivity contribution in [1.29, 1.82) is 0 Å². The number of carbonyl (C=O) groups is 2. The van der Waals surface area contributed by atoms with Crippen molar-refractivity contribution >= 4 is 18.0 Å². The maximum Gasteiger partial charge on any atom is 0.309 e. The summed E-state index contributed by atoms with van der Waals surface area (Å²) in [5.74, 6) is 0.226. The number of methoxy groups -OCH3 is 2. The Kier molecular flexibility index (Phi) is 9.55. The van der Waals surface area contributed by atoms with Crippen molar-refractivity contribution in [3.8, 4) is 23.0 Å². The van der Waals surface area contributed by atoms with Crippen LogP contribution in [-0.4, -0.2) is 48.6 Å². The van der Waals surface area contributed by atoms with Crippen LogP contribution in [0.2, 0.25) is 0 Å². The van der Waals surface area contributed by atoms with Gasteiger partial charge in [0.2, 0.25) is 0 Å². The lowest BCUT2D eigenvalue weighted by atomic mass is 9.49. The first-order valence-electron chi connectivity index (χ1n) is 18.1. The Bertz CT molecular complexity index is 1760. The molecule has 0 aromatic heterocycles. The molecule has 3 aromatic carbocycles. The molecule has 8 heteroatoms. The number of allylic oxidation sites excluding steroid dienone is 1. The van der Waals surface area contributed by atoms with E-state index >= 15 is 0 Å². The Hall–Kier alpha value is -4.46. The summed E-state index contributed by atoms with van der Waals surface area (Å²) in [6.45, 7) is 1.45. The Morgan fingerprint density at radius 2 is 1.52 bits per heavy atom. The van der Waals surface area contributed by atoms with Gasteiger partial charge in [-0.3, -0.25) is 9.59 Å². The van der Waals surface area contributed by atoms with Crippen molar-refractivity contribution < 1.29 is 38.7 Å². The Morgan fingerprint density at radius 1 is 0.820 bits per heavy atom. The number of fused-ring (bicyclic) bond motifs is 6. The minimum Gasteiger partial charge on any atom is -0.504 e. The molecule has 2 saturated carbocycles. The summed E-state index contributed by atoms with van der Waals surface area (Å²) >= 11 is 0. The quantitative estimate of drug-likeness (QED) is 0.244. The molecule has 7 rings (SSSR count). The molecular weight excluding hydrogens is 632 g/mol. The first kappa shape index (κ1) is 34.0. The van der Waals surface area contributed by atoms with E-state index in [9.17, 15) is 19.8 Å². The number of hydrogen-bond donors (Lipinski definition) is 2. The normalized spacial score (nSPS) is 27.5. The van der Waals surface area contributed by atoms with E-state index in [1.54, 1.807) is 14.2 Å². The van der Waals surface area contributed by atoms with Crippen LogP contribution >= 0.6 is 0 Å². The van der Waals surface area contributed by atoms with Crippen LogP contribution in [0.25, 0.3) is 6.08 Å². The molecule has 0 bridgehead atoms. The van der Waals surface area contributed by atoms with E-state index in [0.29, 0.717) is 37.2 Å². The molecule has 0 heterocycles. The van der Waals surface area contributed by atoms with Crippen molar-refractivity contribution in [2.45, 2.75) is 89.3 Å². The maximum absolute atomic E-state index is 13.6. The molecule has 0 amide bonds.